The number of hydrogen-bond acceptors (Lipinski definition) is 5. The van der Waals surface area contributed by atoms with E-state index in [0.29, 0.717) is 31.2 Å². The molecule has 0 unspecified atom stereocenters. The fourth-order valence-corrected chi connectivity index (χ4v) is 2.79. The van der Waals surface area contributed by atoms with Crippen LogP contribution in [0.15, 0.2) is 57.7 Å². The summed E-state index contributed by atoms with van der Waals surface area (Å²) in [6, 6.07) is 11.1. The number of rotatable bonds is 3. The second-order valence-electron chi connectivity index (χ2n) is 5.72. The van der Waals surface area contributed by atoms with E-state index >= 15 is 0 Å². The molecule has 0 N–H and O–H groups in total. The molecule has 0 saturated carbocycles. The SMILES string of the molecule is O=C(c1cc(-c2ccco2)on1)N1CCO[C@@H](c2ccc(F)cc2)C1. The molecule has 4 rings (SSSR count). The molecule has 1 saturated heterocycles. The first kappa shape index (κ1) is 15.6. The number of furan rings is 1. The highest BCUT2D eigenvalue weighted by molar-refractivity contribution is 5.93. The molecule has 0 bridgehead atoms. The molecule has 2 aromatic heterocycles. The fourth-order valence-electron chi connectivity index (χ4n) is 2.79. The van der Waals surface area contributed by atoms with Gasteiger partial charge in [-0.15, -0.1) is 0 Å². The Kier molecular flexibility index (Phi) is 4.07. The van der Waals surface area contributed by atoms with Crippen LogP contribution in [-0.4, -0.2) is 35.7 Å². The summed E-state index contributed by atoms with van der Waals surface area (Å²) in [6.07, 6.45) is 1.23. The summed E-state index contributed by atoms with van der Waals surface area (Å²) in [5, 5.41) is 3.84. The number of carbonyl (C=O) groups is 1. The van der Waals surface area contributed by atoms with Gasteiger partial charge >= 0.3 is 0 Å². The van der Waals surface area contributed by atoms with Crippen LogP contribution in [0.5, 0.6) is 0 Å². The second-order valence-corrected chi connectivity index (χ2v) is 5.72. The Morgan fingerprint density at radius 2 is 2.04 bits per heavy atom. The van der Waals surface area contributed by atoms with Crippen LogP contribution in [0.3, 0.4) is 0 Å². The van der Waals surface area contributed by atoms with Gasteiger partial charge in [-0.1, -0.05) is 17.3 Å². The minimum atomic E-state index is -0.305. The van der Waals surface area contributed by atoms with E-state index in [9.17, 15) is 9.18 Å². The maximum atomic E-state index is 13.1. The van der Waals surface area contributed by atoms with Crippen LogP contribution >= 0.6 is 0 Å². The number of ether oxygens (including phenoxy) is 1. The van der Waals surface area contributed by atoms with Gasteiger partial charge in [0.1, 0.15) is 11.9 Å². The number of amides is 1. The van der Waals surface area contributed by atoms with E-state index in [4.69, 9.17) is 13.7 Å². The van der Waals surface area contributed by atoms with Gasteiger partial charge in [-0.25, -0.2) is 4.39 Å². The maximum absolute atomic E-state index is 13.1. The van der Waals surface area contributed by atoms with Crippen LogP contribution < -0.4 is 0 Å². The number of nitrogens with zero attached hydrogens (tertiary/aromatic N) is 2. The molecule has 0 spiro atoms. The highest BCUT2D eigenvalue weighted by Gasteiger charge is 2.28. The van der Waals surface area contributed by atoms with E-state index in [2.05, 4.69) is 5.16 Å². The first-order valence-corrected chi connectivity index (χ1v) is 7.87. The molecule has 1 aliphatic heterocycles. The number of carbonyl (C=O) groups excluding carboxylic acids is 1. The predicted octanol–water partition coefficient (Wildman–Crippen LogP) is 3.29. The molecule has 7 heteroatoms. The maximum Gasteiger partial charge on any atom is 0.276 e. The lowest BCUT2D eigenvalue weighted by Gasteiger charge is -2.32. The molecule has 1 aromatic carbocycles. The predicted molar refractivity (Wildman–Crippen MR) is 85.2 cm³/mol. The summed E-state index contributed by atoms with van der Waals surface area (Å²) in [5.41, 5.74) is 1.04. The zero-order chi connectivity index (χ0) is 17.2. The van der Waals surface area contributed by atoms with Crippen molar-refractivity contribution >= 4 is 5.91 Å². The Bertz CT molecular complexity index is 858. The highest BCUT2D eigenvalue weighted by Crippen LogP contribution is 2.25. The van der Waals surface area contributed by atoms with Crippen molar-refractivity contribution in [3.8, 4) is 11.5 Å². The second kappa shape index (κ2) is 6.52. The van der Waals surface area contributed by atoms with Crippen LogP contribution in [0.4, 0.5) is 4.39 Å². The fraction of sp³-hybridized carbons (Fsp3) is 0.222. The molecular formula is C18H15FN2O4. The lowest BCUT2D eigenvalue weighted by Crippen LogP contribution is -2.42. The van der Waals surface area contributed by atoms with E-state index in [-0.39, 0.29) is 23.5 Å². The van der Waals surface area contributed by atoms with Crippen molar-refractivity contribution in [3.05, 3.63) is 65.8 Å². The van der Waals surface area contributed by atoms with Crippen LogP contribution in [0.1, 0.15) is 22.2 Å². The molecule has 1 atom stereocenters. The first-order valence-electron chi connectivity index (χ1n) is 7.87. The lowest BCUT2D eigenvalue weighted by atomic mass is 10.1. The molecular weight excluding hydrogens is 327 g/mol. The zero-order valence-corrected chi connectivity index (χ0v) is 13.2. The summed E-state index contributed by atoms with van der Waals surface area (Å²) < 4.78 is 29.2. The highest BCUT2D eigenvalue weighted by atomic mass is 19.1. The molecule has 128 valence electrons. The third kappa shape index (κ3) is 3.18. The summed E-state index contributed by atoms with van der Waals surface area (Å²) in [5.74, 6) is 0.368. The molecule has 3 aromatic rings. The van der Waals surface area contributed by atoms with E-state index < -0.39 is 0 Å². The first-order chi connectivity index (χ1) is 12.2. The van der Waals surface area contributed by atoms with Crippen molar-refractivity contribution in [2.24, 2.45) is 0 Å². The van der Waals surface area contributed by atoms with Crippen LogP contribution in [0, 0.1) is 5.82 Å². The number of hydrogen-bond donors (Lipinski definition) is 0. The van der Waals surface area contributed by atoms with Gasteiger partial charge in [-0.2, -0.15) is 0 Å². The van der Waals surface area contributed by atoms with Crippen molar-refractivity contribution in [3.63, 3.8) is 0 Å². The Morgan fingerprint density at radius 3 is 2.80 bits per heavy atom. The van der Waals surface area contributed by atoms with Gasteiger partial charge in [0.15, 0.2) is 11.5 Å². The average Bonchev–Trinajstić information content (AvgIpc) is 3.33. The topological polar surface area (TPSA) is 68.7 Å². The smallest absolute Gasteiger partial charge is 0.276 e. The van der Waals surface area contributed by atoms with Crippen LogP contribution in [0.25, 0.3) is 11.5 Å². The standard InChI is InChI=1S/C18H15FN2O4/c19-13-5-3-12(4-6-13)17-11-21(7-9-24-17)18(22)14-10-16(25-20-14)15-2-1-8-23-15/h1-6,8,10,17H,7,9,11H2/t17-/m1/s1. The summed E-state index contributed by atoms with van der Waals surface area (Å²) >= 11 is 0. The normalized spacial score (nSPS) is 17.6. The van der Waals surface area contributed by atoms with E-state index in [1.54, 1.807) is 35.2 Å². The van der Waals surface area contributed by atoms with Gasteiger partial charge < -0.3 is 18.6 Å². The van der Waals surface area contributed by atoms with Gasteiger partial charge in [0.05, 0.1) is 19.4 Å². The third-order valence-electron chi connectivity index (χ3n) is 4.09. The van der Waals surface area contributed by atoms with Crippen LogP contribution in [-0.2, 0) is 4.74 Å². The molecule has 1 amide bonds. The number of aromatic nitrogens is 1. The van der Waals surface area contributed by atoms with E-state index in [0.717, 1.165) is 5.56 Å². The largest absolute Gasteiger partial charge is 0.461 e. The quantitative estimate of drug-likeness (QED) is 0.730. The third-order valence-corrected chi connectivity index (χ3v) is 4.09. The molecule has 0 aliphatic carbocycles. The summed E-state index contributed by atoms with van der Waals surface area (Å²) in [7, 11) is 0. The number of morpholine rings is 1. The molecule has 25 heavy (non-hydrogen) atoms. The molecule has 1 fully saturated rings. The van der Waals surface area contributed by atoms with Gasteiger partial charge in [-0.05, 0) is 29.8 Å². The summed E-state index contributed by atoms with van der Waals surface area (Å²) in [4.78, 5) is 14.3. The Hall–Kier alpha value is -2.93. The molecule has 1 aliphatic rings. The Morgan fingerprint density at radius 1 is 1.20 bits per heavy atom. The Labute approximate surface area is 142 Å². The molecule has 3 heterocycles. The lowest BCUT2D eigenvalue weighted by molar-refractivity contribution is -0.0231. The minimum Gasteiger partial charge on any atom is -0.461 e. The average molecular weight is 342 g/mol. The van der Waals surface area contributed by atoms with Gasteiger partial charge in [0, 0.05) is 12.6 Å². The molecule has 0 radical (unpaired) electrons. The molecule has 6 nitrogen and oxygen atoms in total. The van der Waals surface area contributed by atoms with Crippen molar-refractivity contribution in [2.75, 3.05) is 19.7 Å². The van der Waals surface area contributed by atoms with Gasteiger partial charge in [-0.3, -0.25) is 4.79 Å². The zero-order valence-electron chi connectivity index (χ0n) is 13.2. The summed E-state index contributed by atoms with van der Waals surface area (Å²) in [6.45, 7) is 1.23. The van der Waals surface area contributed by atoms with Crippen molar-refractivity contribution in [1.82, 2.24) is 10.1 Å². The number of halogens is 1. The Balaban J connectivity index is 1.49. The minimum absolute atomic E-state index is 0.214. The van der Waals surface area contributed by atoms with Crippen molar-refractivity contribution in [2.45, 2.75) is 6.10 Å². The number of benzene rings is 1. The van der Waals surface area contributed by atoms with E-state index in [1.807, 2.05) is 0 Å². The van der Waals surface area contributed by atoms with E-state index in [1.165, 1.54) is 18.4 Å². The van der Waals surface area contributed by atoms with Crippen molar-refractivity contribution in [1.29, 1.82) is 0 Å². The van der Waals surface area contributed by atoms with Gasteiger partial charge in [0.25, 0.3) is 5.91 Å². The van der Waals surface area contributed by atoms with Crippen LogP contribution in [0.2, 0.25) is 0 Å². The monoisotopic (exact) mass is 342 g/mol. The van der Waals surface area contributed by atoms with Crippen molar-refractivity contribution < 1.29 is 22.9 Å². The van der Waals surface area contributed by atoms with Gasteiger partial charge in [0.2, 0.25) is 5.76 Å².